The maximum atomic E-state index is 11.8. The number of rotatable bonds is 4. The predicted molar refractivity (Wildman–Crippen MR) is 49.5 cm³/mol. The third-order valence-electron chi connectivity index (χ3n) is 1.49. The molecule has 0 spiro atoms. The van der Waals surface area contributed by atoms with E-state index < -0.39 is 0 Å². The SMILES string of the molecule is Cn1c(CCl)cnc1SCCF. The molecule has 1 rings (SSSR count). The summed E-state index contributed by atoms with van der Waals surface area (Å²) >= 11 is 7.04. The Morgan fingerprint density at radius 2 is 2.50 bits per heavy atom. The zero-order chi connectivity index (χ0) is 8.97. The van der Waals surface area contributed by atoms with E-state index in [0.717, 1.165) is 10.9 Å². The fraction of sp³-hybridized carbons (Fsp3) is 0.571. The van der Waals surface area contributed by atoms with Crippen molar-refractivity contribution in [2.45, 2.75) is 11.0 Å². The van der Waals surface area contributed by atoms with E-state index in [1.807, 2.05) is 11.6 Å². The van der Waals surface area contributed by atoms with E-state index in [1.54, 1.807) is 6.20 Å². The monoisotopic (exact) mass is 208 g/mol. The molecule has 1 heterocycles. The van der Waals surface area contributed by atoms with E-state index >= 15 is 0 Å². The van der Waals surface area contributed by atoms with Crippen LogP contribution in [-0.4, -0.2) is 22.0 Å². The lowest BCUT2D eigenvalue weighted by molar-refractivity contribution is 0.532. The summed E-state index contributed by atoms with van der Waals surface area (Å²) in [4.78, 5) is 4.10. The van der Waals surface area contributed by atoms with Crippen LogP contribution in [0.15, 0.2) is 11.4 Å². The number of halogens is 2. The number of nitrogens with zero attached hydrogens (tertiary/aromatic N) is 2. The second-order valence-electron chi connectivity index (χ2n) is 2.26. The van der Waals surface area contributed by atoms with Crippen molar-refractivity contribution in [3.8, 4) is 0 Å². The summed E-state index contributed by atoms with van der Waals surface area (Å²) in [5, 5.41) is 0.823. The van der Waals surface area contributed by atoms with Gasteiger partial charge >= 0.3 is 0 Å². The lowest BCUT2D eigenvalue weighted by atomic mass is 10.5. The van der Waals surface area contributed by atoms with E-state index in [2.05, 4.69) is 4.98 Å². The van der Waals surface area contributed by atoms with Gasteiger partial charge in [-0.1, -0.05) is 11.8 Å². The van der Waals surface area contributed by atoms with Crippen molar-refractivity contribution >= 4 is 23.4 Å². The Balaban J connectivity index is 2.66. The molecule has 0 fully saturated rings. The minimum atomic E-state index is -0.326. The third kappa shape index (κ3) is 2.14. The molecular weight excluding hydrogens is 199 g/mol. The highest BCUT2D eigenvalue weighted by atomic mass is 35.5. The van der Waals surface area contributed by atoms with Gasteiger partial charge in [-0.3, -0.25) is 4.39 Å². The molecule has 1 aromatic heterocycles. The second-order valence-corrected chi connectivity index (χ2v) is 3.59. The number of alkyl halides is 2. The normalized spacial score (nSPS) is 10.6. The molecule has 0 aliphatic rings. The van der Waals surface area contributed by atoms with Crippen LogP contribution < -0.4 is 0 Å². The van der Waals surface area contributed by atoms with Crippen molar-refractivity contribution in [3.63, 3.8) is 0 Å². The summed E-state index contributed by atoms with van der Waals surface area (Å²) in [5.41, 5.74) is 0.957. The first-order valence-electron chi connectivity index (χ1n) is 3.55. The first kappa shape index (κ1) is 9.86. The molecule has 0 atom stereocenters. The van der Waals surface area contributed by atoms with Gasteiger partial charge in [-0.05, 0) is 0 Å². The molecule has 2 nitrogen and oxygen atoms in total. The Morgan fingerprint density at radius 1 is 1.75 bits per heavy atom. The van der Waals surface area contributed by atoms with E-state index in [9.17, 15) is 4.39 Å². The zero-order valence-electron chi connectivity index (χ0n) is 6.76. The Labute approximate surface area is 80.1 Å². The molecule has 5 heteroatoms. The van der Waals surface area contributed by atoms with E-state index in [1.165, 1.54) is 11.8 Å². The summed E-state index contributed by atoms with van der Waals surface area (Å²) in [5.74, 6) is 0.895. The average Bonchev–Trinajstić information content (AvgIpc) is 2.43. The summed E-state index contributed by atoms with van der Waals surface area (Å²) in [6.07, 6.45) is 1.72. The lowest BCUT2D eigenvalue weighted by Gasteiger charge is -2.01. The maximum Gasteiger partial charge on any atom is 0.168 e. The van der Waals surface area contributed by atoms with Gasteiger partial charge in [0.2, 0.25) is 0 Å². The molecular formula is C7H10ClFN2S. The van der Waals surface area contributed by atoms with Crippen molar-refractivity contribution in [2.75, 3.05) is 12.4 Å². The van der Waals surface area contributed by atoms with Gasteiger partial charge in [-0.25, -0.2) is 4.98 Å². The minimum Gasteiger partial charge on any atom is -0.325 e. The fourth-order valence-electron chi connectivity index (χ4n) is 0.814. The zero-order valence-corrected chi connectivity index (χ0v) is 8.33. The molecule has 0 aliphatic heterocycles. The smallest absolute Gasteiger partial charge is 0.168 e. The molecule has 68 valence electrons. The standard InChI is InChI=1S/C7H10ClFN2S/c1-11-6(4-8)5-10-7(11)12-3-2-9/h5H,2-4H2,1H3. The molecule has 0 bridgehead atoms. The fourth-order valence-corrected chi connectivity index (χ4v) is 1.76. The Hall–Kier alpha value is -0.220. The van der Waals surface area contributed by atoms with Crippen molar-refractivity contribution in [2.24, 2.45) is 7.05 Å². The second kappa shape index (κ2) is 4.72. The topological polar surface area (TPSA) is 17.8 Å². The molecule has 1 aromatic rings. The Morgan fingerprint density at radius 3 is 3.00 bits per heavy atom. The van der Waals surface area contributed by atoms with Crippen LogP contribution in [0.5, 0.6) is 0 Å². The van der Waals surface area contributed by atoms with Crippen LogP contribution in [0, 0.1) is 0 Å². The molecule has 0 radical (unpaired) electrons. The van der Waals surface area contributed by atoms with Gasteiger partial charge < -0.3 is 4.57 Å². The first-order chi connectivity index (χ1) is 5.79. The third-order valence-corrected chi connectivity index (χ3v) is 2.76. The summed E-state index contributed by atoms with van der Waals surface area (Å²) in [6.45, 7) is -0.326. The number of thioether (sulfide) groups is 1. The highest BCUT2D eigenvalue weighted by Crippen LogP contribution is 2.17. The largest absolute Gasteiger partial charge is 0.325 e. The van der Waals surface area contributed by atoms with Crippen LogP contribution in [0.2, 0.25) is 0 Å². The van der Waals surface area contributed by atoms with Gasteiger partial charge in [0.1, 0.15) is 0 Å². The van der Waals surface area contributed by atoms with Gasteiger partial charge in [-0.2, -0.15) is 0 Å². The van der Waals surface area contributed by atoms with Crippen molar-refractivity contribution in [3.05, 3.63) is 11.9 Å². The molecule has 0 saturated carbocycles. The van der Waals surface area contributed by atoms with Crippen LogP contribution in [0.3, 0.4) is 0 Å². The molecule has 12 heavy (non-hydrogen) atoms. The maximum absolute atomic E-state index is 11.8. The number of imidazole rings is 1. The van der Waals surface area contributed by atoms with Crippen molar-refractivity contribution in [1.82, 2.24) is 9.55 Å². The van der Waals surface area contributed by atoms with E-state index in [0.29, 0.717) is 11.6 Å². The van der Waals surface area contributed by atoms with Crippen LogP contribution in [0.1, 0.15) is 5.69 Å². The van der Waals surface area contributed by atoms with Crippen LogP contribution >= 0.6 is 23.4 Å². The predicted octanol–water partition coefficient (Wildman–Crippen LogP) is 2.22. The van der Waals surface area contributed by atoms with Gasteiger partial charge in [0.05, 0.1) is 24.4 Å². The van der Waals surface area contributed by atoms with E-state index in [4.69, 9.17) is 11.6 Å². The van der Waals surface area contributed by atoms with Gasteiger partial charge in [0.15, 0.2) is 5.16 Å². The number of hydrogen-bond donors (Lipinski definition) is 0. The molecule has 0 aromatic carbocycles. The number of aromatic nitrogens is 2. The highest BCUT2D eigenvalue weighted by Gasteiger charge is 2.04. The first-order valence-corrected chi connectivity index (χ1v) is 5.07. The molecule has 0 saturated heterocycles. The van der Waals surface area contributed by atoms with Crippen molar-refractivity contribution in [1.29, 1.82) is 0 Å². The summed E-state index contributed by atoms with van der Waals surface area (Å²) in [6, 6.07) is 0. The van der Waals surface area contributed by atoms with E-state index in [-0.39, 0.29) is 6.67 Å². The van der Waals surface area contributed by atoms with Crippen LogP contribution in [-0.2, 0) is 12.9 Å². The van der Waals surface area contributed by atoms with Gasteiger partial charge in [0, 0.05) is 12.8 Å². The van der Waals surface area contributed by atoms with Crippen LogP contribution in [0.25, 0.3) is 0 Å². The lowest BCUT2D eigenvalue weighted by Crippen LogP contribution is -1.96. The minimum absolute atomic E-state index is 0.326. The summed E-state index contributed by atoms with van der Waals surface area (Å²) < 4.78 is 13.7. The Bertz CT molecular complexity index is 252. The molecule has 0 N–H and O–H groups in total. The Kier molecular flexibility index (Phi) is 3.88. The average molecular weight is 209 g/mol. The number of hydrogen-bond acceptors (Lipinski definition) is 2. The highest BCUT2D eigenvalue weighted by molar-refractivity contribution is 7.99. The van der Waals surface area contributed by atoms with Gasteiger partial charge in [-0.15, -0.1) is 11.6 Å². The molecule has 0 amide bonds. The molecule has 0 unspecified atom stereocenters. The summed E-state index contributed by atoms with van der Waals surface area (Å²) in [7, 11) is 1.88. The molecule has 0 aliphatic carbocycles. The quantitative estimate of drug-likeness (QED) is 0.558. The van der Waals surface area contributed by atoms with Crippen LogP contribution in [0.4, 0.5) is 4.39 Å². The van der Waals surface area contributed by atoms with Crippen molar-refractivity contribution < 1.29 is 4.39 Å². The van der Waals surface area contributed by atoms with Gasteiger partial charge in [0.25, 0.3) is 0 Å².